The number of para-hydroxylation sites is 1. The van der Waals surface area contributed by atoms with Gasteiger partial charge in [0, 0.05) is 31.9 Å². The summed E-state index contributed by atoms with van der Waals surface area (Å²) in [7, 11) is 1.80. The summed E-state index contributed by atoms with van der Waals surface area (Å²) in [6.07, 6.45) is 6.14. The fourth-order valence-electron chi connectivity index (χ4n) is 2.96. The first-order valence-electron chi connectivity index (χ1n) is 9.02. The van der Waals surface area contributed by atoms with Crippen LogP contribution in [-0.4, -0.2) is 37.5 Å². The first kappa shape index (κ1) is 17.7. The lowest BCUT2D eigenvalue weighted by molar-refractivity contribution is -0.116. The molecule has 1 amide bonds. The fraction of sp³-hybridized carbons (Fsp3) is 0.211. The zero-order valence-electron chi connectivity index (χ0n) is 15.6. The van der Waals surface area contributed by atoms with E-state index in [0.29, 0.717) is 23.6 Å². The van der Waals surface area contributed by atoms with Gasteiger partial charge >= 0.3 is 0 Å². The van der Waals surface area contributed by atoms with Crippen LogP contribution in [0, 0.1) is 0 Å². The molecule has 3 aromatic heterocycles. The maximum atomic E-state index is 12.0. The second-order valence-electron chi connectivity index (χ2n) is 6.22. The summed E-state index contributed by atoms with van der Waals surface area (Å²) < 4.78 is 1.65. The number of hydrogen-bond acceptors (Lipinski definition) is 7. The van der Waals surface area contributed by atoms with Crippen molar-refractivity contribution in [1.82, 2.24) is 24.6 Å². The Morgan fingerprint density at radius 2 is 2.04 bits per heavy atom. The van der Waals surface area contributed by atoms with E-state index < -0.39 is 0 Å². The van der Waals surface area contributed by atoms with Gasteiger partial charge in [0.1, 0.15) is 22.8 Å². The molecule has 4 aromatic rings. The molecule has 0 aliphatic carbocycles. The van der Waals surface area contributed by atoms with E-state index in [2.05, 4.69) is 36.0 Å². The molecular weight excluding hydrogens is 356 g/mol. The van der Waals surface area contributed by atoms with Gasteiger partial charge in [-0.2, -0.15) is 9.61 Å². The number of nitrogens with one attached hydrogen (secondary N) is 3. The Hall–Kier alpha value is -3.75. The number of fused-ring (bicyclic) bond motifs is 2. The van der Waals surface area contributed by atoms with E-state index in [9.17, 15) is 4.79 Å². The van der Waals surface area contributed by atoms with Crippen molar-refractivity contribution in [2.45, 2.75) is 19.8 Å². The number of aromatic nitrogens is 5. The van der Waals surface area contributed by atoms with Crippen LogP contribution in [0.4, 0.5) is 23.0 Å². The van der Waals surface area contributed by atoms with Gasteiger partial charge in [0.15, 0.2) is 5.65 Å². The van der Waals surface area contributed by atoms with E-state index in [0.717, 1.165) is 29.0 Å². The third kappa shape index (κ3) is 3.29. The molecule has 0 spiro atoms. The van der Waals surface area contributed by atoms with E-state index in [1.54, 1.807) is 30.2 Å². The molecule has 9 nitrogen and oxygen atoms in total. The van der Waals surface area contributed by atoms with Gasteiger partial charge < -0.3 is 16.0 Å². The van der Waals surface area contributed by atoms with Crippen molar-refractivity contribution in [3.8, 4) is 0 Å². The average molecular weight is 376 g/mol. The van der Waals surface area contributed by atoms with Crippen LogP contribution in [0.25, 0.3) is 16.7 Å². The van der Waals surface area contributed by atoms with Crippen molar-refractivity contribution in [2.75, 3.05) is 23.0 Å². The molecule has 0 saturated carbocycles. The van der Waals surface area contributed by atoms with E-state index in [1.165, 1.54) is 0 Å². The summed E-state index contributed by atoms with van der Waals surface area (Å²) in [4.78, 5) is 25.4. The number of carbonyl (C=O) groups is 1. The first-order chi connectivity index (χ1) is 13.7. The largest absolute Gasteiger partial charge is 0.373 e. The Bertz CT molecular complexity index is 1150. The van der Waals surface area contributed by atoms with Crippen LogP contribution in [0.1, 0.15) is 19.8 Å². The maximum absolute atomic E-state index is 12.0. The van der Waals surface area contributed by atoms with E-state index in [1.807, 2.05) is 31.2 Å². The molecule has 0 fully saturated rings. The van der Waals surface area contributed by atoms with E-state index in [4.69, 9.17) is 0 Å². The van der Waals surface area contributed by atoms with Crippen LogP contribution in [0.2, 0.25) is 0 Å². The highest BCUT2D eigenvalue weighted by Crippen LogP contribution is 2.26. The van der Waals surface area contributed by atoms with Crippen LogP contribution in [0.5, 0.6) is 0 Å². The Kier molecular flexibility index (Phi) is 4.71. The third-order valence-corrected chi connectivity index (χ3v) is 4.24. The van der Waals surface area contributed by atoms with Crippen LogP contribution in [0.15, 0.2) is 42.9 Å². The molecule has 0 atom stereocenters. The summed E-state index contributed by atoms with van der Waals surface area (Å²) in [5.41, 5.74) is 3.45. The normalized spacial score (nSPS) is 10.9. The van der Waals surface area contributed by atoms with Crippen molar-refractivity contribution < 1.29 is 4.79 Å². The minimum atomic E-state index is -0.0621. The molecule has 4 rings (SSSR count). The van der Waals surface area contributed by atoms with Gasteiger partial charge in [-0.15, -0.1) is 0 Å². The van der Waals surface area contributed by atoms with Crippen molar-refractivity contribution in [3.63, 3.8) is 0 Å². The number of anilines is 4. The number of benzene rings is 1. The highest BCUT2D eigenvalue weighted by atomic mass is 16.1. The van der Waals surface area contributed by atoms with Crippen LogP contribution in [0.3, 0.4) is 0 Å². The molecule has 0 aliphatic heterocycles. The second kappa shape index (κ2) is 7.47. The molecule has 0 unspecified atom stereocenters. The van der Waals surface area contributed by atoms with Crippen LogP contribution in [-0.2, 0) is 4.79 Å². The lowest BCUT2D eigenvalue weighted by Gasteiger charge is -2.11. The highest BCUT2D eigenvalue weighted by Gasteiger charge is 2.14. The standard InChI is InChI=1S/C19H20N8O/c1-3-5-17(28)25-14-11-23-27-16(20-2)10-15(26-19(14)27)24-13-7-4-6-12-18(13)22-9-8-21-12/h4,6-11,20H,3,5H2,1-2H3,(H,24,26)(H,25,28). The molecular formula is C19H20N8O. The third-order valence-electron chi connectivity index (χ3n) is 4.24. The van der Waals surface area contributed by atoms with Crippen molar-refractivity contribution in [2.24, 2.45) is 0 Å². The van der Waals surface area contributed by atoms with Crippen molar-refractivity contribution in [1.29, 1.82) is 0 Å². The Morgan fingerprint density at radius 1 is 1.18 bits per heavy atom. The molecule has 3 heterocycles. The molecule has 9 heteroatoms. The van der Waals surface area contributed by atoms with Gasteiger partial charge in [-0.3, -0.25) is 14.8 Å². The summed E-state index contributed by atoms with van der Waals surface area (Å²) in [6, 6.07) is 7.57. The van der Waals surface area contributed by atoms with Gasteiger partial charge in [0.05, 0.1) is 17.4 Å². The quantitative estimate of drug-likeness (QED) is 0.474. The van der Waals surface area contributed by atoms with Crippen molar-refractivity contribution in [3.05, 3.63) is 42.9 Å². The zero-order valence-corrected chi connectivity index (χ0v) is 15.6. The SMILES string of the molecule is CCCC(=O)Nc1cnn2c(NC)cc(Nc3cccc4nccnc34)nc12. The van der Waals surface area contributed by atoms with Crippen LogP contribution >= 0.6 is 0 Å². The summed E-state index contributed by atoms with van der Waals surface area (Å²) in [6.45, 7) is 1.96. The van der Waals surface area contributed by atoms with Gasteiger partial charge in [0.2, 0.25) is 5.91 Å². The maximum Gasteiger partial charge on any atom is 0.224 e. The fourth-order valence-corrected chi connectivity index (χ4v) is 2.96. The van der Waals surface area contributed by atoms with E-state index in [-0.39, 0.29) is 5.91 Å². The number of carbonyl (C=O) groups excluding carboxylic acids is 1. The second-order valence-corrected chi connectivity index (χ2v) is 6.22. The first-order valence-corrected chi connectivity index (χ1v) is 9.02. The lowest BCUT2D eigenvalue weighted by atomic mass is 10.2. The van der Waals surface area contributed by atoms with Gasteiger partial charge in [-0.1, -0.05) is 13.0 Å². The summed E-state index contributed by atoms with van der Waals surface area (Å²) in [5.74, 6) is 1.27. The summed E-state index contributed by atoms with van der Waals surface area (Å²) >= 11 is 0. The number of amides is 1. The molecule has 3 N–H and O–H groups in total. The molecule has 28 heavy (non-hydrogen) atoms. The molecule has 0 radical (unpaired) electrons. The molecule has 0 saturated heterocycles. The van der Waals surface area contributed by atoms with Crippen molar-refractivity contribution >= 4 is 45.6 Å². The molecule has 0 aliphatic rings. The van der Waals surface area contributed by atoms with E-state index >= 15 is 0 Å². The highest BCUT2D eigenvalue weighted by molar-refractivity contribution is 5.95. The predicted octanol–water partition coefficient (Wildman–Crippen LogP) is 3.20. The minimum Gasteiger partial charge on any atom is -0.373 e. The zero-order chi connectivity index (χ0) is 19.5. The van der Waals surface area contributed by atoms with Gasteiger partial charge in [-0.25, -0.2) is 4.98 Å². The number of rotatable bonds is 6. The van der Waals surface area contributed by atoms with Gasteiger partial charge in [0.25, 0.3) is 0 Å². The number of hydrogen-bond donors (Lipinski definition) is 3. The van der Waals surface area contributed by atoms with Gasteiger partial charge in [-0.05, 0) is 18.6 Å². The monoisotopic (exact) mass is 376 g/mol. The number of nitrogens with zero attached hydrogens (tertiary/aromatic N) is 5. The topological polar surface area (TPSA) is 109 Å². The Labute approximate surface area is 161 Å². The Balaban J connectivity index is 1.75. The Morgan fingerprint density at radius 3 is 2.86 bits per heavy atom. The molecule has 0 bridgehead atoms. The predicted molar refractivity (Wildman–Crippen MR) is 109 cm³/mol. The minimum absolute atomic E-state index is 0.0621. The average Bonchev–Trinajstić information content (AvgIpc) is 3.10. The smallest absolute Gasteiger partial charge is 0.224 e. The summed E-state index contributed by atoms with van der Waals surface area (Å²) in [5, 5.41) is 13.6. The van der Waals surface area contributed by atoms with Crippen LogP contribution < -0.4 is 16.0 Å². The molecule has 142 valence electrons. The lowest BCUT2D eigenvalue weighted by Crippen LogP contribution is -2.11. The molecule has 1 aromatic carbocycles.